The number of amides is 1. The summed E-state index contributed by atoms with van der Waals surface area (Å²) < 4.78 is 0. The molecule has 2 saturated heterocycles. The van der Waals surface area contributed by atoms with Gasteiger partial charge in [-0.3, -0.25) is 9.78 Å². The van der Waals surface area contributed by atoms with Gasteiger partial charge in [-0.25, -0.2) is 4.98 Å². The first kappa shape index (κ1) is 17.7. The molecule has 0 aromatic carbocycles. The minimum Gasteiger partial charge on any atom is -0.369 e. The third kappa shape index (κ3) is 4.03. The third-order valence-electron chi connectivity index (χ3n) is 5.37. The quantitative estimate of drug-likeness (QED) is 0.813. The first-order valence-electron chi connectivity index (χ1n) is 9.55. The summed E-state index contributed by atoms with van der Waals surface area (Å²) in [6.45, 7) is 7.02. The Bertz CT molecular complexity index is 767. The number of aromatic nitrogens is 2. The van der Waals surface area contributed by atoms with E-state index in [1.807, 2.05) is 35.2 Å². The Kier molecular flexibility index (Phi) is 5.20. The first-order chi connectivity index (χ1) is 13.2. The van der Waals surface area contributed by atoms with E-state index >= 15 is 0 Å². The second-order valence-corrected chi connectivity index (χ2v) is 7.16. The number of carbonyl (C=O) groups excluding carboxylic acids is 1. The molecular formula is C20H26N6O. The van der Waals surface area contributed by atoms with E-state index in [1.165, 1.54) is 0 Å². The maximum atomic E-state index is 12.9. The van der Waals surface area contributed by atoms with E-state index in [1.54, 1.807) is 12.4 Å². The van der Waals surface area contributed by atoms with Crippen LogP contribution in [-0.2, 0) is 0 Å². The molecule has 0 radical (unpaired) electrons. The van der Waals surface area contributed by atoms with Gasteiger partial charge in [-0.05, 0) is 31.3 Å². The van der Waals surface area contributed by atoms with Crippen LogP contribution in [-0.4, -0.2) is 85.1 Å². The number of rotatable bonds is 3. The topological polar surface area (TPSA) is 55.8 Å². The van der Waals surface area contributed by atoms with Crippen molar-refractivity contribution in [3.63, 3.8) is 0 Å². The Morgan fingerprint density at radius 1 is 0.852 bits per heavy atom. The van der Waals surface area contributed by atoms with Crippen LogP contribution in [0.2, 0.25) is 0 Å². The molecule has 4 rings (SSSR count). The fourth-order valence-electron chi connectivity index (χ4n) is 3.64. The van der Waals surface area contributed by atoms with Crippen molar-refractivity contribution >= 4 is 17.4 Å². The average Bonchev–Trinajstić information content (AvgIpc) is 2.75. The molecule has 2 aromatic heterocycles. The van der Waals surface area contributed by atoms with Crippen LogP contribution in [0.4, 0.5) is 11.5 Å². The largest absolute Gasteiger partial charge is 0.369 e. The van der Waals surface area contributed by atoms with Crippen LogP contribution in [0, 0.1) is 0 Å². The number of hydrogen-bond donors (Lipinski definition) is 0. The summed E-state index contributed by atoms with van der Waals surface area (Å²) in [5.74, 6) is 0.992. The molecule has 0 aliphatic carbocycles. The predicted octanol–water partition coefficient (Wildman–Crippen LogP) is 1.19. The molecule has 142 valence electrons. The van der Waals surface area contributed by atoms with Gasteiger partial charge in [-0.2, -0.15) is 0 Å². The zero-order valence-corrected chi connectivity index (χ0v) is 15.8. The molecule has 2 fully saturated rings. The van der Waals surface area contributed by atoms with E-state index in [4.69, 9.17) is 0 Å². The average molecular weight is 366 g/mol. The molecule has 7 nitrogen and oxygen atoms in total. The summed E-state index contributed by atoms with van der Waals surface area (Å²) in [4.78, 5) is 30.5. The molecule has 0 saturated carbocycles. The van der Waals surface area contributed by atoms with E-state index in [0.717, 1.165) is 50.8 Å². The highest BCUT2D eigenvalue weighted by Crippen LogP contribution is 2.19. The van der Waals surface area contributed by atoms with Gasteiger partial charge in [0.2, 0.25) is 0 Å². The number of hydrogen-bond acceptors (Lipinski definition) is 6. The lowest BCUT2D eigenvalue weighted by molar-refractivity contribution is 0.0740. The lowest BCUT2D eigenvalue weighted by Gasteiger charge is -2.36. The highest BCUT2D eigenvalue weighted by atomic mass is 16.2. The van der Waals surface area contributed by atoms with E-state index in [0.29, 0.717) is 18.8 Å². The molecule has 27 heavy (non-hydrogen) atoms. The number of pyridine rings is 2. The predicted molar refractivity (Wildman–Crippen MR) is 106 cm³/mol. The number of likely N-dealkylation sites (N-methyl/N-ethyl adjacent to an activating group) is 1. The van der Waals surface area contributed by atoms with Gasteiger partial charge >= 0.3 is 0 Å². The van der Waals surface area contributed by atoms with Gasteiger partial charge in [0.25, 0.3) is 5.91 Å². The second kappa shape index (κ2) is 7.92. The van der Waals surface area contributed by atoms with Gasteiger partial charge in [0.1, 0.15) is 11.5 Å². The van der Waals surface area contributed by atoms with E-state index < -0.39 is 0 Å². The Hall–Kier alpha value is -2.67. The van der Waals surface area contributed by atoms with Crippen molar-refractivity contribution in [2.24, 2.45) is 0 Å². The van der Waals surface area contributed by atoms with Crippen LogP contribution >= 0.6 is 0 Å². The standard InChI is InChI=1S/C20H26N6O/c1-23-8-10-24(11-9-23)17-5-7-21-18(16-17)20(27)26-14-12-25(13-15-26)19-4-2-3-6-22-19/h2-7,16H,8-15H2,1H3. The molecule has 0 spiro atoms. The van der Waals surface area contributed by atoms with Crippen LogP contribution < -0.4 is 9.80 Å². The Labute approximate surface area is 160 Å². The van der Waals surface area contributed by atoms with Gasteiger partial charge in [0.05, 0.1) is 0 Å². The van der Waals surface area contributed by atoms with Crippen LogP contribution in [0.5, 0.6) is 0 Å². The Morgan fingerprint density at radius 2 is 1.59 bits per heavy atom. The maximum Gasteiger partial charge on any atom is 0.272 e. The van der Waals surface area contributed by atoms with E-state index in [2.05, 4.69) is 31.7 Å². The maximum absolute atomic E-state index is 12.9. The van der Waals surface area contributed by atoms with Crippen LogP contribution in [0.15, 0.2) is 42.7 Å². The fraction of sp³-hybridized carbons (Fsp3) is 0.450. The van der Waals surface area contributed by atoms with Gasteiger partial charge in [0, 0.05) is 70.4 Å². The number of anilines is 2. The lowest BCUT2D eigenvalue weighted by atomic mass is 10.2. The Balaban J connectivity index is 1.39. The van der Waals surface area contributed by atoms with Crippen LogP contribution in [0.3, 0.4) is 0 Å². The summed E-state index contributed by atoms with van der Waals surface area (Å²) >= 11 is 0. The van der Waals surface area contributed by atoms with Gasteiger partial charge in [-0.1, -0.05) is 6.07 Å². The number of carbonyl (C=O) groups is 1. The molecule has 1 amide bonds. The van der Waals surface area contributed by atoms with Crippen molar-refractivity contribution < 1.29 is 4.79 Å². The van der Waals surface area contributed by atoms with E-state index in [9.17, 15) is 4.79 Å². The fourth-order valence-corrected chi connectivity index (χ4v) is 3.64. The highest BCUT2D eigenvalue weighted by Gasteiger charge is 2.24. The third-order valence-corrected chi connectivity index (χ3v) is 5.37. The molecule has 2 aliphatic heterocycles. The normalized spacial score (nSPS) is 18.6. The SMILES string of the molecule is CN1CCN(c2ccnc(C(=O)N3CCN(c4ccccn4)CC3)c2)CC1. The smallest absolute Gasteiger partial charge is 0.272 e. The molecule has 0 atom stereocenters. The highest BCUT2D eigenvalue weighted by molar-refractivity contribution is 5.93. The summed E-state index contributed by atoms with van der Waals surface area (Å²) in [5, 5.41) is 0. The molecule has 2 aliphatic rings. The minimum atomic E-state index is 0.0200. The van der Waals surface area contributed by atoms with Gasteiger partial charge < -0.3 is 19.6 Å². The van der Waals surface area contributed by atoms with Crippen LogP contribution in [0.25, 0.3) is 0 Å². The first-order valence-corrected chi connectivity index (χ1v) is 9.55. The number of nitrogens with zero attached hydrogens (tertiary/aromatic N) is 6. The summed E-state index contributed by atoms with van der Waals surface area (Å²) in [6.07, 6.45) is 3.56. The van der Waals surface area contributed by atoms with Crippen molar-refractivity contribution in [3.8, 4) is 0 Å². The van der Waals surface area contributed by atoms with E-state index in [-0.39, 0.29) is 5.91 Å². The molecule has 0 bridgehead atoms. The van der Waals surface area contributed by atoms with Gasteiger partial charge in [0.15, 0.2) is 0 Å². The minimum absolute atomic E-state index is 0.0200. The summed E-state index contributed by atoms with van der Waals surface area (Å²) in [5.41, 5.74) is 1.63. The molecular weight excluding hydrogens is 340 g/mol. The summed E-state index contributed by atoms with van der Waals surface area (Å²) in [6, 6.07) is 9.87. The second-order valence-electron chi connectivity index (χ2n) is 7.16. The number of piperazine rings is 2. The molecule has 7 heteroatoms. The van der Waals surface area contributed by atoms with Crippen LogP contribution in [0.1, 0.15) is 10.5 Å². The Morgan fingerprint density at radius 3 is 2.30 bits per heavy atom. The van der Waals surface area contributed by atoms with Gasteiger partial charge in [-0.15, -0.1) is 0 Å². The van der Waals surface area contributed by atoms with Crippen molar-refractivity contribution in [1.29, 1.82) is 0 Å². The molecule has 0 N–H and O–H groups in total. The van der Waals surface area contributed by atoms with Crippen molar-refractivity contribution in [2.75, 3.05) is 69.2 Å². The monoisotopic (exact) mass is 366 g/mol. The molecule has 2 aromatic rings. The van der Waals surface area contributed by atoms with Crippen molar-refractivity contribution in [2.45, 2.75) is 0 Å². The molecule has 4 heterocycles. The van der Waals surface area contributed by atoms with Crippen molar-refractivity contribution in [1.82, 2.24) is 19.8 Å². The zero-order chi connectivity index (χ0) is 18.6. The zero-order valence-electron chi connectivity index (χ0n) is 15.8. The molecule has 0 unspecified atom stereocenters. The summed E-state index contributed by atoms with van der Waals surface area (Å²) in [7, 11) is 2.14. The lowest BCUT2D eigenvalue weighted by Crippen LogP contribution is -2.49. The van der Waals surface area contributed by atoms with Crippen molar-refractivity contribution in [3.05, 3.63) is 48.4 Å².